The molecule has 0 saturated carbocycles. The number of nitrogens with zero attached hydrogens (tertiary/aromatic N) is 4. The molecule has 7 heteroatoms. The van der Waals surface area contributed by atoms with Crippen molar-refractivity contribution in [2.24, 2.45) is 5.16 Å². The molecule has 0 radical (unpaired) electrons. The van der Waals surface area contributed by atoms with Gasteiger partial charge in [0.25, 0.3) is 0 Å². The topological polar surface area (TPSA) is 89.6 Å². The number of carbonyl (C=O) groups is 1. The number of aromatic nitrogens is 3. The van der Waals surface area contributed by atoms with Crippen LogP contribution in [0.4, 0.5) is 0 Å². The Morgan fingerprint density at radius 3 is 2.67 bits per heavy atom. The fourth-order valence-corrected chi connectivity index (χ4v) is 1.16. The molecule has 1 rings (SSSR count). The number of ether oxygens (including phenoxy) is 1. The van der Waals surface area contributed by atoms with Crippen LogP contribution in [0.3, 0.4) is 0 Å². The maximum absolute atomic E-state index is 10.8. The van der Waals surface area contributed by atoms with Gasteiger partial charge in [-0.2, -0.15) is 9.78 Å². The Morgan fingerprint density at radius 1 is 1.60 bits per heavy atom. The summed E-state index contributed by atoms with van der Waals surface area (Å²) in [5, 5.41) is 15.7. The maximum atomic E-state index is 10.8. The minimum atomic E-state index is -1.08. The van der Waals surface area contributed by atoms with E-state index < -0.39 is 11.6 Å². The lowest BCUT2D eigenvalue weighted by molar-refractivity contribution is -0.148. The molecule has 15 heavy (non-hydrogen) atoms. The average molecular weight is 212 g/mol. The van der Waals surface area contributed by atoms with Crippen LogP contribution in [-0.2, 0) is 9.53 Å². The molecule has 0 saturated heterocycles. The maximum Gasteiger partial charge on any atom is 0.303 e. The van der Waals surface area contributed by atoms with E-state index in [4.69, 9.17) is 9.94 Å². The Labute approximate surface area is 86.4 Å². The molecule has 0 atom stereocenters. The Kier molecular flexibility index (Phi) is 3.03. The number of rotatable bonds is 2. The van der Waals surface area contributed by atoms with Crippen LogP contribution in [0.2, 0.25) is 0 Å². The van der Waals surface area contributed by atoms with E-state index in [1.165, 1.54) is 24.3 Å². The summed E-state index contributed by atoms with van der Waals surface area (Å²) in [6, 6.07) is 0. The van der Waals surface area contributed by atoms with E-state index in [0.29, 0.717) is 0 Å². The minimum Gasteiger partial charge on any atom is -0.451 e. The Hall–Kier alpha value is -1.92. The molecule has 0 aliphatic heterocycles. The molecule has 0 aromatic carbocycles. The van der Waals surface area contributed by atoms with Gasteiger partial charge >= 0.3 is 5.97 Å². The van der Waals surface area contributed by atoms with E-state index in [0.717, 1.165) is 0 Å². The Morgan fingerprint density at radius 2 is 2.27 bits per heavy atom. The number of hydrogen-bond donors (Lipinski definition) is 1. The molecule has 1 N–H and O–H groups in total. The molecule has 0 fully saturated rings. The quantitative estimate of drug-likeness (QED) is 0.249. The van der Waals surface area contributed by atoms with E-state index in [1.54, 1.807) is 13.8 Å². The van der Waals surface area contributed by atoms with E-state index in [1.807, 2.05) is 0 Å². The summed E-state index contributed by atoms with van der Waals surface area (Å²) in [4.78, 5) is 14.5. The van der Waals surface area contributed by atoms with E-state index in [9.17, 15) is 4.79 Å². The smallest absolute Gasteiger partial charge is 0.303 e. The summed E-state index contributed by atoms with van der Waals surface area (Å²) >= 11 is 0. The number of esters is 1. The Balaban J connectivity index is 2.98. The highest BCUT2D eigenvalue weighted by atomic mass is 16.6. The van der Waals surface area contributed by atoms with Crippen molar-refractivity contribution in [3.63, 3.8) is 0 Å². The third-order valence-electron chi connectivity index (χ3n) is 1.67. The summed E-state index contributed by atoms with van der Waals surface area (Å²) in [7, 11) is 0. The molecule has 1 aromatic rings. The van der Waals surface area contributed by atoms with Crippen molar-refractivity contribution in [3.05, 3.63) is 12.7 Å². The molecule has 0 amide bonds. The first-order valence-electron chi connectivity index (χ1n) is 4.24. The number of oxime groups is 1. The van der Waals surface area contributed by atoms with Crippen LogP contribution in [0.5, 0.6) is 0 Å². The zero-order chi connectivity index (χ0) is 11.5. The highest BCUT2D eigenvalue weighted by Gasteiger charge is 2.31. The van der Waals surface area contributed by atoms with Crippen molar-refractivity contribution in [3.8, 4) is 0 Å². The molecule has 1 heterocycles. The van der Waals surface area contributed by atoms with Crippen molar-refractivity contribution >= 4 is 11.8 Å². The van der Waals surface area contributed by atoms with Gasteiger partial charge in [-0.05, 0) is 13.8 Å². The number of carbonyl (C=O) groups excluding carboxylic acids is 1. The van der Waals surface area contributed by atoms with Crippen LogP contribution in [0.25, 0.3) is 0 Å². The lowest BCUT2D eigenvalue weighted by atomic mass is 10.1. The first-order valence-corrected chi connectivity index (χ1v) is 4.24. The fourth-order valence-electron chi connectivity index (χ4n) is 1.16. The van der Waals surface area contributed by atoms with E-state index in [2.05, 4.69) is 15.2 Å². The SMILES string of the molecule is CC(=O)OC(C)(C)C(=NO)n1cncn1. The molecule has 0 unspecified atom stereocenters. The van der Waals surface area contributed by atoms with Crippen LogP contribution in [0, 0.1) is 0 Å². The number of hydrogen-bond acceptors (Lipinski definition) is 6. The van der Waals surface area contributed by atoms with Crippen molar-refractivity contribution in [2.75, 3.05) is 0 Å². The van der Waals surface area contributed by atoms with Gasteiger partial charge in [0.15, 0.2) is 5.60 Å². The minimum absolute atomic E-state index is 0.0789. The monoisotopic (exact) mass is 212 g/mol. The van der Waals surface area contributed by atoms with Gasteiger partial charge in [0.2, 0.25) is 5.84 Å². The highest BCUT2D eigenvalue weighted by Crippen LogP contribution is 2.13. The molecule has 0 bridgehead atoms. The molecule has 0 aliphatic carbocycles. The van der Waals surface area contributed by atoms with Crippen LogP contribution in [-0.4, -0.2) is 37.4 Å². The van der Waals surface area contributed by atoms with Crippen molar-refractivity contribution < 1.29 is 14.7 Å². The zero-order valence-electron chi connectivity index (χ0n) is 8.71. The Bertz CT molecular complexity index is 369. The van der Waals surface area contributed by atoms with Crippen LogP contribution >= 0.6 is 0 Å². The predicted molar refractivity (Wildman–Crippen MR) is 50.5 cm³/mol. The summed E-state index contributed by atoms with van der Waals surface area (Å²) < 4.78 is 6.22. The second-order valence-corrected chi connectivity index (χ2v) is 3.37. The largest absolute Gasteiger partial charge is 0.451 e. The summed E-state index contributed by atoms with van der Waals surface area (Å²) in [5.74, 6) is -0.392. The van der Waals surface area contributed by atoms with E-state index in [-0.39, 0.29) is 5.84 Å². The van der Waals surface area contributed by atoms with Gasteiger partial charge in [-0.15, -0.1) is 0 Å². The third-order valence-corrected chi connectivity index (χ3v) is 1.67. The van der Waals surface area contributed by atoms with Gasteiger partial charge in [-0.25, -0.2) is 4.98 Å². The third kappa shape index (κ3) is 2.52. The fraction of sp³-hybridized carbons (Fsp3) is 0.500. The summed E-state index contributed by atoms with van der Waals surface area (Å²) in [6.45, 7) is 4.45. The summed E-state index contributed by atoms with van der Waals surface area (Å²) in [6.07, 6.45) is 2.63. The molecule has 0 spiro atoms. The van der Waals surface area contributed by atoms with Gasteiger partial charge in [-0.1, -0.05) is 5.16 Å². The lowest BCUT2D eigenvalue weighted by Crippen LogP contribution is -2.41. The second kappa shape index (κ2) is 4.07. The van der Waals surface area contributed by atoms with Crippen LogP contribution in [0.15, 0.2) is 17.8 Å². The molecule has 82 valence electrons. The zero-order valence-corrected chi connectivity index (χ0v) is 8.71. The molecular formula is C8H12N4O3. The normalized spacial score (nSPS) is 12.6. The molecule has 0 aliphatic rings. The van der Waals surface area contributed by atoms with Crippen LogP contribution in [0.1, 0.15) is 20.8 Å². The standard InChI is InChI=1S/C8H12N4O3/c1-6(13)15-8(2,3)7(11-14)12-5-9-4-10-12/h4-5,14H,1-3H3. The van der Waals surface area contributed by atoms with Crippen LogP contribution < -0.4 is 0 Å². The molecule has 7 nitrogen and oxygen atoms in total. The molecule has 1 aromatic heterocycles. The first kappa shape index (κ1) is 11.2. The van der Waals surface area contributed by atoms with Gasteiger partial charge in [0.05, 0.1) is 0 Å². The van der Waals surface area contributed by atoms with Crippen molar-refractivity contribution in [1.29, 1.82) is 0 Å². The van der Waals surface area contributed by atoms with Gasteiger partial charge in [0, 0.05) is 6.92 Å². The van der Waals surface area contributed by atoms with Crippen molar-refractivity contribution in [1.82, 2.24) is 14.8 Å². The van der Waals surface area contributed by atoms with Gasteiger partial charge in [-0.3, -0.25) is 4.79 Å². The lowest BCUT2D eigenvalue weighted by Gasteiger charge is -2.24. The van der Waals surface area contributed by atoms with E-state index >= 15 is 0 Å². The summed E-state index contributed by atoms with van der Waals surface area (Å²) in [5.41, 5.74) is -1.08. The highest BCUT2D eigenvalue weighted by molar-refractivity contribution is 5.92. The second-order valence-electron chi connectivity index (χ2n) is 3.37. The van der Waals surface area contributed by atoms with Crippen molar-refractivity contribution in [2.45, 2.75) is 26.4 Å². The average Bonchev–Trinajstić information content (AvgIpc) is 2.54. The van der Waals surface area contributed by atoms with Gasteiger partial charge < -0.3 is 9.94 Å². The van der Waals surface area contributed by atoms with Gasteiger partial charge in [0.1, 0.15) is 12.7 Å². The predicted octanol–water partition coefficient (Wildman–Crippen LogP) is 0.256. The molecular weight excluding hydrogens is 200 g/mol. The first-order chi connectivity index (χ1) is 6.97.